The number of benzene rings is 8. The molecule has 0 aliphatic rings. The minimum absolute atomic E-state index is 0.191. The first-order valence-electron chi connectivity index (χ1n) is 23.2. The van der Waals surface area contributed by atoms with Crippen LogP contribution in [0.1, 0.15) is 57.9 Å². The van der Waals surface area contributed by atoms with Gasteiger partial charge in [-0.2, -0.15) is 0 Å². The summed E-state index contributed by atoms with van der Waals surface area (Å²) < 4.78 is 17.5. The van der Waals surface area contributed by atoms with Crippen molar-refractivity contribution in [3.63, 3.8) is 0 Å². The zero-order valence-corrected chi connectivity index (χ0v) is 39.6. The Balaban J connectivity index is 0.961. The van der Waals surface area contributed by atoms with Crippen molar-refractivity contribution in [3.05, 3.63) is 239 Å². The van der Waals surface area contributed by atoms with E-state index in [1.54, 1.807) is 0 Å². The molecule has 0 aliphatic carbocycles. The van der Waals surface area contributed by atoms with Crippen LogP contribution in [0.2, 0.25) is 0 Å². The zero-order chi connectivity index (χ0) is 47.4. The maximum Gasteiger partial charge on any atom is 0.330 e. The topological polar surface area (TPSA) is 51.2 Å². The molecule has 8 aromatic carbocycles. The predicted molar refractivity (Wildman–Crippen MR) is 282 cm³/mol. The fourth-order valence-electron chi connectivity index (χ4n) is 7.95. The predicted octanol–water partition coefficient (Wildman–Crippen LogP) is 16.6. The summed E-state index contributed by atoms with van der Waals surface area (Å²) in [5, 5.41) is 0. The smallest absolute Gasteiger partial charge is 0.330 e. The van der Waals surface area contributed by atoms with E-state index in [4.69, 9.17) is 14.2 Å². The molecule has 0 aromatic heterocycles. The van der Waals surface area contributed by atoms with Crippen LogP contribution in [0, 0.1) is 27.7 Å². The lowest BCUT2D eigenvalue weighted by Gasteiger charge is -2.26. The van der Waals surface area contributed by atoms with Crippen molar-refractivity contribution in [2.24, 2.45) is 0 Å². The monoisotopic (exact) mass is 894 g/mol. The van der Waals surface area contributed by atoms with Crippen LogP contribution >= 0.6 is 0 Å². The highest BCUT2D eigenvalue weighted by Gasteiger charge is 2.16. The summed E-state index contributed by atoms with van der Waals surface area (Å²) in [6.07, 6.45) is 6.45. The lowest BCUT2D eigenvalue weighted by Crippen LogP contribution is -2.10. The van der Waals surface area contributed by atoms with Gasteiger partial charge in [-0.1, -0.05) is 105 Å². The highest BCUT2D eigenvalue weighted by molar-refractivity contribution is 5.82. The molecular formula is C62H58N2O4. The van der Waals surface area contributed by atoms with Gasteiger partial charge in [-0.05, 0) is 193 Å². The van der Waals surface area contributed by atoms with Gasteiger partial charge in [-0.3, -0.25) is 0 Å². The molecule has 8 rings (SSSR count). The van der Waals surface area contributed by atoms with Crippen molar-refractivity contribution in [3.8, 4) is 22.6 Å². The van der Waals surface area contributed by atoms with Crippen LogP contribution in [0.25, 0.3) is 23.3 Å². The summed E-state index contributed by atoms with van der Waals surface area (Å²) in [6, 6.07) is 63.5. The van der Waals surface area contributed by atoms with Gasteiger partial charge in [0, 0.05) is 46.8 Å². The van der Waals surface area contributed by atoms with Crippen LogP contribution in [-0.4, -0.2) is 12.6 Å². The van der Waals surface area contributed by atoms with Crippen molar-refractivity contribution in [2.45, 2.75) is 54.3 Å². The number of esters is 1. The van der Waals surface area contributed by atoms with Gasteiger partial charge in [-0.25, -0.2) is 4.79 Å². The number of rotatable bonds is 18. The van der Waals surface area contributed by atoms with Crippen LogP contribution < -0.4 is 14.5 Å². The summed E-state index contributed by atoms with van der Waals surface area (Å²) in [5.74, 6) is 1.09. The quantitative estimate of drug-likeness (QED) is 0.0370. The molecule has 0 radical (unpaired) electrons. The maximum absolute atomic E-state index is 11.6. The second kappa shape index (κ2) is 22.0. The Morgan fingerprint density at radius 2 is 0.971 bits per heavy atom. The fraction of sp³-hybridized carbons (Fsp3) is 0.145. The molecule has 0 aliphatic heterocycles. The van der Waals surface area contributed by atoms with E-state index in [1.807, 2.05) is 36.4 Å². The van der Waals surface area contributed by atoms with Crippen LogP contribution in [0.15, 0.2) is 195 Å². The van der Waals surface area contributed by atoms with Crippen LogP contribution in [0.3, 0.4) is 0 Å². The third-order valence-corrected chi connectivity index (χ3v) is 12.1. The van der Waals surface area contributed by atoms with Gasteiger partial charge in [0.15, 0.2) is 0 Å². The van der Waals surface area contributed by atoms with E-state index in [1.165, 1.54) is 28.3 Å². The summed E-state index contributed by atoms with van der Waals surface area (Å²) in [5.41, 5.74) is 17.7. The summed E-state index contributed by atoms with van der Waals surface area (Å²) in [4.78, 5) is 16.2. The van der Waals surface area contributed by atoms with E-state index in [2.05, 4.69) is 209 Å². The number of carbonyl (C=O) groups excluding carboxylic acids is 1. The number of carbonyl (C=O) groups is 1. The van der Waals surface area contributed by atoms with E-state index < -0.39 is 5.97 Å². The van der Waals surface area contributed by atoms with Crippen LogP contribution in [0.5, 0.6) is 11.5 Å². The second-order valence-corrected chi connectivity index (χ2v) is 17.1. The number of ether oxygens (including phenoxy) is 3. The van der Waals surface area contributed by atoms with Crippen molar-refractivity contribution >= 4 is 52.2 Å². The Morgan fingerprint density at radius 3 is 1.50 bits per heavy atom. The Bertz CT molecular complexity index is 3010. The molecule has 0 fully saturated rings. The molecule has 0 amide bonds. The minimum atomic E-state index is -0.439. The number of anilines is 6. The number of hydrogen-bond donors (Lipinski definition) is 0. The first-order chi connectivity index (χ1) is 33.1. The molecule has 6 heteroatoms. The fourth-order valence-corrected chi connectivity index (χ4v) is 7.95. The molecule has 0 heterocycles. The molecule has 0 saturated carbocycles. The van der Waals surface area contributed by atoms with E-state index >= 15 is 0 Å². The van der Waals surface area contributed by atoms with Crippen molar-refractivity contribution < 1.29 is 19.0 Å². The van der Waals surface area contributed by atoms with E-state index in [0.29, 0.717) is 6.61 Å². The largest absolute Gasteiger partial charge is 0.458 e. The molecule has 0 atom stereocenters. The number of aryl methyl sites for hydroxylation is 4. The summed E-state index contributed by atoms with van der Waals surface area (Å²) in [6.45, 7) is 15.7. The lowest BCUT2D eigenvalue weighted by atomic mass is 10.0. The van der Waals surface area contributed by atoms with Gasteiger partial charge >= 0.3 is 5.97 Å². The molecule has 0 saturated heterocycles. The van der Waals surface area contributed by atoms with E-state index in [-0.39, 0.29) is 6.61 Å². The van der Waals surface area contributed by atoms with Gasteiger partial charge in [0.1, 0.15) is 18.1 Å². The molecule has 0 unspecified atom stereocenters. The number of nitrogens with zero attached hydrogens (tertiary/aromatic N) is 2. The van der Waals surface area contributed by atoms with Crippen LogP contribution in [-0.2, 0) is 27.5 Å². The lowest BCUT2D eigenvalue weighted by molar-refractivity contribution is -0.138. The number of hydrogen-bond acceptors (Lipinski definition) is 6. The molecule has 68 heavy (non-hydrogen) atoms. The van der Waals surface area contributed by atoms with Gasteiger partial charge in [0.05, 0.1) is 6.61 Å². The van der Waals surface area contributed by atoms with Gasteiger partial charge in [-0.15, -0.1) is 0 Å². The average Bonchev–Trinajstić information content (AvgIpc) is 3.37. The summed E-state index contributed by atoms with van der Waals surface area (Å²) in [7, 11) is 0. The Morgan fingerprint density at radius 1 is 0.485 bits per heavy atom. The maximum atomic E-state index is 11.6. The summed E-state index contributed by atoms with van der Waals surface area (Å²) >= 11 is 0. The van der Waals surface area contributed by atoms with Crippen molar-refractivity contribution in [1.29, 1.82) is 0 Å². The van der Waals surface area contributed by atoms with Crippen molar-refractivity contribution in [1.82, 2.24) is 0 Å². The molecule has 6 nitrogen and oxygen atoms in total. The molecule has 0 bridgehead atoms. The van der Waals surface area contributed by atoms with Crippen LogP contribution in [0.4, 0.5) is 34.1 Å². The van der Waals surface area contributed by atoms with E-state index in [0.717, 1.165) is 92.0 Å². The molecule has 8 aromatic rings. The molecule has 0 N–H and O–H groups in total. The highest BCUT2D eigenvalue weighted by Crippen LogP contribution is 2.39. The standard InChI is InChI=1S/C62H58N2O4/c1-7-37-66-42-50-19-27-54(28-20-50)64(59-26-16-45(4)47(6)39-59)57-33-35-60(36-34-57)68-61-14-10-12-49(41-61)18-17-48-11-9-13-53(40-48)52-23-31-56(32-24-52)63(58-25-15-44(3)46(5)38-58)55-29-21-51(22-30-55)43-67-62(65)8-2/h8-36,38-41H,2,7,37,42-43H2,1,3-6H3. The minimum Gasteiger partial charge on any atom is -0.458 e. The SMILES string of the molecule is C=CC(=O)OCc1ccc(N(c2ccc(-c3cccc(C=Cc4cccc(Oc5ccc(N(c6ccc(COCCC)cc6)c6ccc(C)c(C)c6)cc5)c4)c3)cc2)c2ccc(C)c(C)c2)cc1. The third kappa shape index (κ3) is 11.7. The molecule has 0 spiro atoms. The van der Waals surface area contributed by atoms with Gasteiger partial charge < -0.3 is 24.0 Å². The zero-order valence-electron chi connectivity index (χ0n) is 39.6. The Hall–Kier alpha value is -7.93. The normalized spacial score (nSPS) is 11.1. The van der Waals surface area contributed by atoms with Gasteiger partial charge in [0.25, 0.3) is 0 Å². The average molecular weight is 895 g/mol. The molecule has 340 valence electrons. The molecular weight excluding hydrogens is 837 g/mol. The highest BCUT2D eigenvalue weighted by atomic mass is 16.5. The van der Waals surface area contributed by atoms with Gasteiger partial charge in [0.2, 0.25) is 0 Å². The Labute approximate surface area is 402 Å². The first kappa shape index (κ1) is 46.6. The Kier molecular flexibility index (Phi) is 15.1. The second-order valence-electron chi connectivity index (χ2n) is 17.1. The first-order valence-corrected chi connectivity index (χ1v) is 23.2. The van der Waals surface area contributed by atoms with E-state index in [9.17, 15) is 4.79 Å². The van der Waals surface area contributed by atoms with Crippen molar-refractivity contribution in [2.75, 3.05) is 16.4 Å². The third-order valence-electron chi connectivity index (χ3n) is 12.1.